The molecule has 1 saturated carbocycles. The van der Waals surface area contributed by atoms with Gasteiger partial charge in [-0.05, 0) is 67.0 Å². The van der Waals surface area contributed by atoms with Crippen molar-refractivity contribution in [2.75, 3.05) is 19.6 Å². The molecule has 3 fully saturated rings. The Morgan fingerprint density at radius 3 is 2.54 bits per heavy atom. The Bertz CT molecular complexity index is 1150. The number of likely N-dealkylation sites (tertiary alicyclic amines) is 1. The van der Waals surface area contributed by atoms with Crippen LogP contribution in [0.25, 0.3) is 11.1 Å². The van der Waals surface area contributed by atoms with Gasteiger partial charge in [-0.25, -0.2) is 0 Å². The van der Waals surface area contributed by atoms with Crippen LogP contribution in [0.2, 0.25) is 5.02 Å². The van der Waals surface area contributed by atoms with Crippen LogP contribution in [-0.4, -0.2) is 47.2 Å². The molecule has 35 heavy (non-hydrogen) atoms. The summed E-state index contributed by atoms with van der Waals surface area (Å²) in [5.41, 5.74) is 1.75. The lowest BCUT2D eigenvalue weighted by Crippen LogP contribution is -2.42. The van der Waals surface area contributed by atoms with Gasteiger partial charge >= 0.3 is 0 Å². The highest BCUT2D eigenvalue weighted by Crippen LogP contribution is 2.34. The van der Waals surface area contributed by atoms with Crippen molar-refractivity contribution in [3.8, 4) is 11.1 Å². The van der Waals surface area contributed by atoms with Crippen LogP contribution in [0.1, 0.15) is 51.0 Å². The van der Waals surface area contributed by atoms with Crippen LogP contribution in [0.3, 0.4) is 0 Å². The van der Waals surface area contributed by atoms with Crippen LogP contribution in [0.5, 0.6) is 0 Å². The molecule has 2 aromatic rings. The molecule has 6 nitrogen and oxygen atoms in total. The average Bonchev–Trinajstić information content (AvgIpc) is 3.43. The Morgan fingerprint density at radius 1 is 1.09 bits per heavy atom. The summed E-state index contributed by atoms with van der Waals surface area (Å²) in [4.78, 5) is 30.1. The Balaban J connectivity index is 1.28. The van der Waals surface area contributed by atoms with Crippen molar-refractivity contribution >= 4 is 29.4 Å². The van der Waals surface area contributed by atoms with E-state index < -0.39 is 5.54 Å². The molecule has 0 spiro atoms. The lowest BCUT2D eigenvalue weighted by molar-refractivity contribution is -0.135. The first-order valence-electron chi connectivity index (χ1n) is 12.7. The van der Waals surface area contributed by atoms with Crippen LogP contribution < -0.4 is 5.32 Å². The molecule has 2 saturated heterocycles. The maximum absolute atomic E-state index is 13.6. The molecule has 1 unspecified atom stereocenters. The van der Waals surface area contributed by atoms with E-state index in [0.29, 0.717) is 18.1 Å². The third-order valence-electron chi connectivity index (χ3n) is 7.90. The summed E-state index contributed by atoms with van der Waals surface area (Å²) in [6.07, 6.45) is 6.42. The highest BCUT2D eigenvalue weighted by Gasteiger charge is 2.48. The number of halogens is 1. The number of amides is 2. The second-order valence-corrected chi connectivity index (χ2v) is 10.8. The maximum atomic E-state index is 13.6. The Labute approximate surface area is 212 Å². The number of rotatable bonds is 5. The molecule has 2 amide bonds. The molecule has 2 heterocycles. The summed E-state index contributed by atoms with van der Waals surface area (Å²) in [7, 11) is 0. The summed E-state index contributed by atoms with van der Waals surface area (Å²) < 4.78 is 0. The molecule has 2 aliphatic heterocycles. The first-order chi connectivity index (χ1) is 16.8. The van der Waals surface area contributed by atoms with Crippen LogP contribution >= 0.6 is 11.6 Å². The van der Waals surface area contributed by atoms with Crippen LogP contribution in [-0.2, 0) is 15.1 Å². The fourth-order valence-corrected chi connectivity index (χ4v) is 6.01. The van der Waals surface area contributed by atoms with Crippen LogP contribution in [0, 0.1) is 17.2 Å². The maximum Gasteiger partial charge on any atom is 0.259 e. The number of nitrogens with zero attached hydrogens (tertiary/aromatic N) is 2. The second kappa shape index (κ2) is 9.65. The number of carbonyl (C=O) groups excluding carboxylic acids is 2. The summed E-state index contributed by atoms with van der Waals surface area (Å²) in [5.74, 6) is 0.654. The van der Waals surface area contributed by atoms with Crippen LogP contribution in [0.4, 0.5) is 0 Å². The summed E-state index contributed by atoms with van der Waals surface area (Å²) in [6.45, 7) is 3.73. The predicted octanol–water partition coefficient (Wildman–Crippen LogP) is 5.02. The normalized spacial score (nSPS) is 25.3. The Morgan fingerprint density at radius 2 is 1.80 bits per heavy atom. The fraction of sp³-hybridized carbons (Fsp3) is 0.464. The smallest absolute Gasteiger partial charge is 0.259 e. The minimum atomic E-state index is -1.01. The lowest BCUT2D eigenvalue weighted by Gasteiger charge is -2.27. The zero-order valence-electron chi connectivity index (χ0n) is 20.2. The first kappa shape index (κ1) is 23.9. The van der Waals surface area contributed by atoms with E-state index in [1.165, 1.54) is 6.42 Å². The largest absolute Gasteiger partial charge is 0.342 e. The van der Waals surface area contributed by atoms with Gasteiger partial charge in [0, 0.05) is 30.6 Å². The zero-order chi connectivity index (χ0) is 24.6. The second-order valence-electron chi connectivity index (χ2n) is 10.4. The minimum Gasteiger partial charge on any atom is -0.342 e. The molecule has 3 aliphatic rings. The monoisotopic (exact) mass is 492 g/mol. The van der Waals surface area contributed by atoms with Crippen molar-refractivity contribution in [1.82, 2.24) is 15.1 Å². The Hall–Kier alpha value is -2.86. The first-order valence-corrected chi connectivity index (χ1v) is 13.1. The Kier molecular flexibility index (Phi) is 6.58. The number of hydrogen-bond donors (Lipinski definition) is 2. The van der Waals surface area contributed by atoms with Gasteiger partial charge in [0.25, 0.3) is 5.91 Å². The van der Waals surface area contributed by atoms with Crippen LogP contribution in [0.15, 0.2) is 48.5 Å². The van der Waals surface area contributed by atoms with Crippen molar-refractivity contribution in [2.45, 2.75) is 51.0 Å². The van der Waals surface area contributed by atoms with E-state index in [-0.39, 0.29) is 29.6 Å². The molecule has 0 aromatic heterocycles. The predicted molar refractivity (Wildman–Crippen MR) is 138 cm³/mol. The van der Waals surface area contributed by atoms with Crippen molar-refractivity contribution in [3.63, 3.8) is 0 Å². The molecular weight excluding hydrogens is 460 g/mol. The number of hydrogen-bond acceptors (Lipinski definition) is 3. The van der Waals surface area contributed by atoms with Gasteiger partial charge in [0.05, 0.1) is 0 Å². The molecule has 7 heteroatoms. The van der Waals surface area contributed by atoms with Crippen molar-refractivity contribution in [1.29, 1.82) is 5.41 Å². The van der Waals surface area contributed by atoms with Crippen molar-refractivity contribution < 1.29 is 9.59 Å². The van der Waals surface area contributed by atoms with E-state index in [1.807, 2.05) is 60.4 Å². The van der Waals surface area contributed by atoms with Gasteiger partial charge in [-0.15, -0.1) is 0 Å². The average molecular weight is 493 g/mol. The SMILES string of the molecule is C[C@@]1(c2cccc(-c3cccc(Cl)c3)c2)NC(=N)N(CC2CCN(C(=O)C3CCCCC3)C2)C1=O. The third-order valence-corrected chi connectivity index (χ3v) is 8.14. The van der Waals surface area contributed by atoms with Gasteiger partial charge < -0.3 is 10.2 Å². The molecule has 0 bridgehead atoms. The molecule has 2 atom stereocenters. The quantitative estimate of drug-likeness (QED) is 0.615. The fourth-order valence-electron chi connectivity index (χ4n) is 5.82. The molecule has 184 valence electrons. The minimum absolute atomic E-state index is 0.122. The van der Waals surface area contributed by atoms with E-state index >= 15 is 0 Å². The zero-order valence-corrected chi connectivity index (χ0v) is 21.0. The standard InChI is InChI=1S/C28H33ClN4O2/c1-28(23-11-5-9-21(15-23)22-10-6-12-24(29)16-22)26(35)33(27(30)31-28)18-19-13-14-32(17-19)25(34)20-7-3-2-4-8-20/h5-6,9-12,15-16,19-20H,2-4,7-8,13-14,17-18H2,1H3,(H2,30,31)/t19?,28-/m0/s1. The summed E-state index contributed by atoms with van der Waals surface area (Å²) in [5, 5.41) is 12.4. The van der Waals surface area contributed by atoms with Crippen molar-refractivity contribution in [3.05, 3.63) is 59.1 Å². The topological polar surface area (TPSA) is 76.5 Å². The van der Waals surface area contributed by atoms with E-state index in [2.05, 4.69) is 5.32 Å². The van der Waals surface area contributed by atoms with E-state index in [1.54, 1.807) is 4.90 Å². The van der Waals surface area contributed by atoms with Gasteiger partial charge in [-0.3, -0.25) is 19.9 Å². The highest BCUT2D eigenvalue weighted by molar-refractivity contribution is 6.30. The number of nitrogens with one attached hydrogen (secondary N) is 2. The van der Waals surface area contributed by atoms with Crippen molar-refractivity contribution in [2.24, 2.45) is 11.8 Å². The van der Waals surface area contributed by atoms with E-state index in [9.17, 15) is 9.59 Å². The molecule has 2 N–H and O–H groups in total. The van der Waals surface area contributed by atoms with Gasteiger partial charge in [-0.2, -0.15) is 0 Å². The molecule has 1 aliphatic carbocycles. The molecule has 0 radical (unpaired) electrons. The van der Waals surface area contributed by atoms with E-state index in [0.717, 1.165) is 55.3 Å². The summed E-state index contributed by atoms with van der Waals surface area (Å²) >= 11 is 6.18. The van der Waals surface area contributed by atoms with E-state index in [4.69, 9.17) is 17.0 Å². The molecular formula is C28H33ClN4O2. The molecule has 5 rings (SSSR count). The summed E-state index contributed by atoms with van der Waals surface area (Å²) in [6, 6.07) is 15.5. The highest BCUT2D eigenvalue weighted by atomic mass is 35.5. The van der Waals surface area contributed by atoms with Gasteiger partial charge in [0.2, 0.25) is 5.91 Å². The van der Waals surface area contributed by atoms with Gasteiger partial charge in [0.15, 0.2) is 5.96 Å². The number of benzene rings is 2. The van der Waals surface area contributed by atoms with Gasteiger partial charge in [0.1, 0.15) is 5.54 Å². The lowest BCUT2D eigenvalue weighted by atomic mass is 9.88. The molecule has 2 aromatic carbocycles. The third kappa shape index (κ3) is 4.68. The number of guanidine groups is 1. The number of carbonyl (C=O) groups is 2. The van der Waals surface area contributed by atoms with Gasteiger partial charge in [-0.1, -0.05) is 61.2 Å².